The smallest absolute Gasteiger partial charge is 0.387 e. The molecule has 3 N–H and O–H groups in total. The highest BCUT2D eigenvalue weighted by molar-refractivity contribution is 7.47. The van der Waals surface area contributed by atoms with E-state index in [9.17, 15) is 19.4 Å². The average Bonchev–Trinajstić information content (AvgIpc) is 3.01. The molecule has 0 aromatic heterocycles. The van der Waals surface area contributed by atoms with Gasteiger partial charge in [0.05, 0.1) is 39.9 Å². The first-order valence-electron chi connectivity index (χ1n) is 18.5. The number of phosphoric ester groups is 1. The first kappa shape index (κ1) is 45.5. The summed E-state index contributed by atoms with van der Waals surface area (Å²) < 4.78 is 23.4. The highest BCUT2D eigenvalue weighted by Crippen LogP contribution is 2.43. The summed E-state index contributed by atoms with van der Waals surface area (Å²) in [5, 5.41) is 13.7. The summed E-state index contributed by atoms with van der Waals surface area (Å²) >= 11 is 0. The third-order valence-corrected chi connectivity index (χ3v) is 8.73. The van der Waals surface area contributed by atoms with E-state index in [0.29, 0.717) is 17.4 Å². The number of aliphatic hydroxyl groups is 1. The van der Waals surface area contributed by atoms with E-state index in [1.54, 1.807) is 6.08 Å². The molecule has 0 spiro atoms. The summed E-state index contributed by atoms with van der Waals surface area (Å²) in [6.07, 6.45) is 36.0. The van der Waals surface area contributed by atoms with E-state index in [1.807, 2.05) is 27.2 Å². The number of allylic oxidation sites excluding steroid dienone is 7. The summed E-state index contributed by atoms with van der Waals surface area (Å²) in [6.45, 7) is 4.67. The number of rotatable bonds is 32. The number of carbonyl (C=O) groups excluding carboxylic acids is 1. The Bertz CT molecular complexity index is 912. The van der Waals surface area contributed by atoms with Crippen molar-refractivity contribution < 1.29 is 32.9 Å². The standard InChI is InChI=1S/C38H71N2O6P/c1-6-8-10-12-14-16-18-20-22-24-26-28-30-32-38(42)39-36(35-46-47(43,44)45-34-33-40(3,4)5)37(41)31-29-27-25-23-21-19-17-15-13-11-9-7-2/h13,15-16,18,21,23,29,31,36-37,41H,6-12,14,17,19-20,22,24-28,30,32-35H2,1-5H3,(H-,39,42,43,44)/p+1/b15-13+,18-16-,23-21+,31-29+. The zero-order valence-electron chi connectivity index (χ0n) is 30.8. The molecule has 0 aliphatic carbocycles. The number of hydrogen-bond donors (Lipinski definition) is 3. The van der Waals surface area contributed by atoms with Gasteiger partial charge in [0.1, 0.15) is 13.2 Å². The fourth-order valence-electron chi connectivity index (χ4n) is 4.70. The van der Waals surface area contributed by atoms with Gasteiger partial charge in [0, 0.05) is 6.42 Å². The second kappa shape index (κ2) is 30.5. The molecule has 0 rings (SSSR count). The number of likely N-dealkylation sites (N-methyl/N-ethyl adjacent to an activating group) is 1. The lowest BCUT2D eigenvalue weighted by molar-refractivity contribution is -0.870. The normalized spacial score (nSPS) is 15.3. The van der Waals surface area contributed by atoms with Gasteiger partial charge >= 0.3 is 7.82 Å². The molecular formula is C38H72N2O6P+. The average molecular weight is 684 g/mol. The molecule has 274 valence electrons. The van der Waals surface area contributed by atoms with Gasteiger partial charge in [0.15, 0.2) is 0 Å². The maximum absolute atomic E-state index is 12.8. The van der Waals surface area contributed by atoms with E-state index in [0.717, 1.165) is 64.2 Å². The van der Waals surface area contributed by atoms with Crippen molar-refractivity contribution in [2.45, 2.75) is 148 Å². The van der Waals surface area contributed by atoms with Crippen molar-refractivity contribution in [1.82, 2.24) is 5.32 Å². The van der Waals surface area contributed by atoms with Crippen molar-refractivity contribution in [3.63, 3.8) is 0 Å². The monoisotopic (exact) mass is 684 g/mol. The molecule has 3 atom stereocenters. The maximum Gasteiger partial charge on any atom is 0.472 e. The summed E-state index contributed by atoms with van der Waals surface area (Å²) in [6, 6.07) is -0.870. The number of phosphoric acid groups is 1. The van der Waals surface area contributed by atoms with Crippen LogP contribution in [0.4, 0.5) is 0 Å². The minimum atomic E-state index is -4.34. The number of nitrogens with one attached hydrogen (secondary N) is 1. The Labute approximate surface area is 289 Å². The lowest BCUT2D eigenvalue weighted by atomic mass is 10.1. The summed E-state index contributed by atoms with van der Waals surface area (Å²) in [4.78, 5) is 22.9. The number of nitrogens with zero attached hydrogens (tertiary/aromatic N) is 1. The van der Waals surface area contributed by atoms with Crippen molar-refractivity contribution in [1.29, 1.82) is 0 Å². The zero-order chi connectivity index (χ0) is 35.1. The van der Waals surface area contributed by atoms with E-state index in [1.165, 1.54) is 51.4 Å². The highest BCUT2D eigenvalue weighted by atomic mass is 31.2. The number of hydrogen-bond acceptors (Lipinski definition) is 5. The van der Waals surface area contributed by atoms with Crippen LogP contribution in [0.3, 0.4) is 0 Å². The van der Waals surface area contributed by atoms with E-state index >= 15 is 0 Å². The van der Waals surface area contributed by atoms with Crippen LogP contribution in [0.25, 0.3) is 0 Å². The van der Waals surface area contributed by atoms with Crippen LogP contribution < -0.4 is 5.32 Å². The third kappa shape index (κ3) is 32.8. The van der Waals surface area contributed by atoms with Gasteiger partial charge < -0.3 is 19.8 Å². The lowest BCUT2D eigenvalue weighted by Crippen LogP contribution is -2.45. The van der Waals surface area contributed by atoms with Crippen LogP contribution in [0.5, 0.6) is 0 Å². The number of carbonyl (C=O) groups is 1. The Kier molecular flexibility index (Phi) is 29.5. The first-order chi connectivity index (χ1) is 22.5. The maximum atomic E-state index is 12.8. The van der Waals surface area contributed by atoms with Gasteiger partial charge in [-0.05, 0) is 64.2 Å². The zero-order valence-corrected chi connectivity index (χ0v) is 31.6. The van der Waals surface area contributed by atoms with Crippen LogP contribution in [0.2, 0.25) is 0 Å². The van der Waals surface area contributed by atoms with E-state index in [4.69, 9.17) is 9.05 Å². The quantitative estimate of drug-likeness (QED) is 0.0283. The predicted octanol–water partition coefficient (Wildman–Crippen LogP) is 9.35. The SMILES string of the molecule is CCCC/C=C/CC/C=C/CC/C=C/C(O)C(COP(=O)(O)OCC[N+](C)(C)C)NC(=O)CCCCCCC/C=C\CCCCCC. The van der Waals surface area contributed by atoms with Crippen molar-refractivity contribution in [3.8, 4) is 0 Å². The van der Waals surface area contributed by atoms with Gasteiger partial charge in [-0.2, -0.15) is 0 Å². The van der Waals surface area contributed by atoms with Crippen LogP contribution in [-0.4, -0.2) is 73.4 Å². The summed E-state index contributed by atoms with van der Waals surface area (Å²) in [5.74, 6) is -0.206. The molecule has 0 saturated carbocycles. The molecule has 0 aromatic carbocycles. The van der Waals surface area contributed by atoms with E-state index in [2.05, 4.69) is 55.6 Å². The first-order valence-corrected chi connectivity index (χ1v) is 20.0. The van der Waals surface area contributed by atoms with Gasteiger partial charge in [0.25, 0.3) is 0 Å². The minimum Gasteiger partial charge on any atom is -0.387 e. The summed E-state index contributed by atoms with van der Waals surface area (Å²) in [5.41, 5.74) is 0. The third-order valence-electron chi connectivity index (χ3n) is 7.75. The van der Waals surface area contributed by atoms with Crippen LogP contribution >= 0.6 is 7.82 Å². The van der Waals surface area contributed by atoms with Gasteiger partial charge in [-0.25, -0.2) is 4.57 Å². The molecule has 9 heteroatoms. The van der Waals surface area contributed by atoms with Gasteiger partial charge in [0.2, 0.25) is 5.91 Å². The molecule has 47 heavy (non-hydrogen) atoms. The number of amides is 1. The van der Waals surface area contributed by atoms with Gasteiger partial charge in [-0.1, -0.05) is 114 Å². The van der Waals surface area contributed by atoms with Crippen LogP contribution in [0.15, 0.2) is 48.6 Å². The van der Waals surface area contributed by atoms with Crippen molar-refractivity contribution in [2.75, 3.05) is 40.9 Å². The van der Waals surface area contributed by atoms with Gasteiger partial charge in [-0.3, -0.25) is 13.8 Å². The summed E-state index contributed by atoms with van der Waals surface area (Å²) in [7, 11) is 1.53. The Balaban J connectivity index is 4.66. The Hall–Kier alpha value is -1.54. The number of aliphatic hydroxyl groups excluding tert-OH is 1. The molecule has 8 nitrogen and oxygen atoms in total. The number of unbranched alkanes of at least 4 members (excludes halogenated alkanes) is 13. The van der Waals surface area contributed by atoms with Crippen molar-refractivity contribution in [3.05, 3.63) is 48.6 Å². The molecule has 0 aliphatic heterocycles. The Morgan fingerprint density at radius 1 is 0.702 bits per heavy atom. The molecular weight excluding hydrogens is 611 g/mol. The Morgan fingerprint density at radius 2 is 1.19 bits per heavy atom. The fraction of sp³-hybridized carbons (Fsp3) is 0.763. The minimum absolute atomic E-state index is 0.0504. The molecule has 3 unspecified atom stereocenters. The molecule has 0 fully saturated rings. The van der Waals surface area contributed by atoms with Crippen LogP contribution in [0.1, 0.15) is 136 Å². The number of quaternary nitrogens is 1. The Morgan fingerprint density at radius 3 is 1.77 bits per heavy atom. The second-order valence-electron chi connectivity index (χ2n) is 13.6. The molecule has 0 aliphatic rings. The molecule has 0 radical (unpaired) electrons. The van der Waals surface area contributed by atoms with Crippen molar-refractivity contribution in [2.24, 2.45) is 0 Å². The molecule has 0 saturated heterocycles. The van der Waals surface area contributed by atoms with Crippen LogP contribution in [0, 0.1) is 0 Å². The molecule has 0 aromatic rings. The second-order valence-corrected chi connectivity index (χ2v) is 15.0. The predicted molar refractivity (Wildman–Crippen MR) is 198 cm³/mol. The van der Waals surface area contributed by atoms with Crippen LogP contribution in [-0.2, 0) is 18.4 Å². The van der Waals surface area contributed by atoms with Crippen molar-refractivity contribution >= 4 is 13.7 Å². The van der Waals surface area contributed by atoms with Gasteiger partial charge in [-0.15, -0.1) is 0 Å². The largest absolute Gasteiger partial charge is 0.472 e. The fourth-order valence-corrected chi connectivity index (χ4v) is 5.43. The lowest BCUT2D eigenvalue weighted by Gasteiger charge is -2.25. The molecule has 1 amide bonds. The molecule has 0 bridgehead atoms. The topological polar surface area (TPSA) is 105 Å². The van der Waals surface area contributed by atoms with E-state index in [-0.39, 0.29) is 19.1 Å². The molecule has 0 heterocycles. The van der Waals surface area contributed by atoms with E-state index < -0.39 is 20.0 Å². The highest BCUT2D eigenvalue weighted by Gasteiger charge is 2.27.